The van der Waals surface area contributed by atoms with E-state index in [2.05, 4.69) is 0 Å². The summed E-state index contributed by atoms with van der Waals surface area (Å²) >= 11 is 1.38. The third kappa shape index (κ3) is 8.99. The molecular formula is C32H34O8S. The zero-order valence-corrected chi connectivity index (χ0v) is 23.9. The average molecular weight is 579 g/mol. The molecule has 0 aliphatic carbocycles. The lowest BCUT2D eigenvalue weighted by Crippen LogP contribution is -2.62. The minimum absolute atomic E-state index is 0.0191. The first-order valence-corrected chi connectivity index (χ1v) is 14.3. The summed E-state index contributed by atoms with van der Waals surface area (Å²) < 4.78 is 30.1. The van der Waals surface area contributed by atoms with E-state index in [0.29, 0.717) is 0 Å². The lowest BCUT2D eigenvalue weighted by molar-refractivity contribution is -0.243. The Kier molecular flexibility index (Phi) is 11.5. The number of ether oxygens (including phenoxy) is 5. The summed E-state index contributed by atoms with van der Waals surface area (Å²) in [5.41, 5.74) is 1.12. The average Bonchev–Trinajstić information content (AvgIpc) is 3.00. The number of carbonyl (C=O) groups excluding carboxylic acids is 3. The molecule has 1 heterocycles. The van der Waals surface area contributed by atoms with Crippen LogP contribution in [0.1, 0.15) is 30.9 Å². The largest absolute Gasteiger partial charge is 0.467 e. The summed E-state index contributed by atoms with van der Waals surface area (Å²) in [4.78, 5) is 38.3. The van der Waals surface area contributed by atoms with Crippen LogP contribution in [0.3, 0.4) is 0 Å². The summed E-state index contributed by atoms with van der Waals surface area (Å²) in [6, 6.07) is 28.8. The van der Waals surface area contributed by atoms with Crippen molar-refractivity contribution < 1.29 is 38.1 Å². The zero-order chi connectivity index (χ0) is 29.0. The van der Waals surface area contributed by atoms with Crippen molar-refractivity contribution in [2.75, 3.05) is 7.11 Å². The number of hydrogen-bond acceptors (Lipinski definition) is 9. The minimum Gasteiger partial charge on any atom is -0.467 e. The van der Waals surface area contributed by atoms with Crippen LogP contribution in [-0.4, -0.2) is 54.7 Å². The first-order valence-electron chi connectivity index (χ1n) is 13.4. The van der Waals surface area contributed by atoms with E-state index in [1.807, 2.05) is 91.0 Å². The molecule has 1 aliphatic heterocycles. The SMILES string of the molecule is COC(=O)[C@H]1O[C@H](Sc2ccccc2)[C@@H](OCc2ccccc2)[C@@H](OCc2ccccc2)[C@@H]1OC(=O)CCC(C)=O. The van der Waals surface area contributed by atoms with Crippen molar-refractivity contribution >= 4 is 29.5 Å². The zero-order valence-electron chi connectivity index (χ0n) is 23.0. The maximum Gasteiger partial charge on any atom is 0.339 e. The molecule has 9 heteroatoms. The Morgan fingerprint density at radius 2 is 1.27 bits per heavy atom. The molecule has 0 amide bonds. The third-order valence-electron chi connectivity index (χ3n) is 6.44. The number of rotatable bonds is 13. The van der Waals surface area contributed by atoms with Gasteiger partial charge < -0.3 is 28.5 Å². The molecule has 4 rings (SSSR count). The highest BCUT2D eigenvalue weighted by Crippen LogP contribution is 2.38. The molecule has 0 saturated carbocycles. The topological polar surface area (TPSA) is 97.4 Å². The van der Waals surface area contributed by atoms with E-state index in [-0.39, 0.29) is 31.8 Å². The van der Waals surface area contributed by atoms with Gasteiger partial charge in [0.05, 0.1) is 26.7 Å². The number of thioether (sulfide) groups is 1. The van der Waals surface area contributed by atoms with Gasteiger partial charge in [0.15, 0.2) is 12.2 Å². The summed E-state index contributed by atoms with van der Waals surface area (Å²) in [6.45, 7) is 1.81. The molecule has 1 saturated heterocycles. The summed E-state index contributed by atoms with van der Waals surface area (Å²) in [5, 5.41) is 0. The van der Waals surface area contributed by atoms with Crippen molar-refractivity contribution in [1.82, 2.24) is 0 Å². The molecule has 3 aromatic rings. The highest BCUT2D eigenvalue weighted by atomic mass is 32.2. The van der Waals surface area contributed by atoms with E-state index < -0.39 is 41.8 Å². The van der Waals surface area contributed by atoms with Crippen molar-refractivity contribution in [1.29, 1.82) is 0 Å². The molecule has 5 atom stereocenters. The van der Waals surface area contributed by atoms with Crippen molar-refractivity contribution in [2.24, 2.45) is 0 Å². The molecule has 0 radical (unpaired) electrons. The van der Waals surface area contributed by atoms with Gasteiger partial charge in [0.2, 0.25) is 0 Å². The fourth-order valence-electron chi connectivity index (χ4n) is 4.36. The summed E-state index contributed by atoms with van der Waals surface area (Å²) in [7, 11) is 1.25. The maximum atomic E-state index is 13.0. The van der Waals surface area contributed by atoms with Crippen LogP contribution in [0, 0.1) is 0 Å². The van der Waals surface area contributed by atoms with Crippen LogP contribution in [0.4, 0.5) is 0 Å². The molecule has 1 aliphatic rings. The molecule has 41 heavy (non-hydrogen) atoms. The van der Waals surface area contributed by atoms with Crippen molar-refractivity contribution in [3.05, 3.63) is 102 Å². The molecular weight excluding hydrogens is 544 g/mol. The fourth-order valence-corrected chi connectivity index (χ4v) is 5.49. The second-order valence-corrected chi connectivity index (χ2v) is 10.7. The van der Waals surface area contributed by atoms with Crippen LogP contribution < -0.4 is 0 Å². The van der Waals surface area contributed by atoms with Gasteiger partial charge in [-0.3, -0.25) is 4.79 Å². The predicted octanol–water partition coefficient (Wildman–Crippen LogP) is 5.13. The standard InChI is InChI=1S/C32H34O8S/c1-22(33)18-19-26(34)39-28-27(37-20-23-12-6-3-7-13-23)30(38-21-24-14-8-4-9-15-24)32(40-29(28)31(35)36-2)41-25-16-10-5-11-17-25/h3-17,27-30,32H,18-21H2,1-2H3/t27-,28-,29-,30-,32+/m0/s1. The maximum absolute atomic E-state index is 13.0. The number of carbonyl (C=O) groups is 3. The third-order valence-corrected chi connectivity index (χ3v) is 7.60. The lowest BCUT2D eigenvalue weighted by Gasteiger charge is -2.44. The van der Waals surface area contributed by atoms with Crippen LogP contribution in [0.15, 0.2) is 95.9 Å². The Hall–Kier alpha value is -3.50. The van der Waals surface area contributed by atoms with E-state index in [1.54, 1.807) is 0 Å². The molecule has 0 unspecified atom stereocenters. The smallest absolute Gasteiger partial charge is 0.339 e. The second-order valence-electron chi connectivity index (χ2n) is 9.56. The minimum atomic E-state index is -1.28. The van der Waals surface area contributed by atoms with Gasteiger partial charge in [0, 0.05) is 11.3 Å². The normalized spacial score (nSPS) is 22.0. The van der Waals surface area contributed by atoms with Crippen LogP contribution in [0.5, 0.6) is 0 Å². The van der Waals surface area contributed by atoms with Gasteiger partial charge in [-0.15, -0.1) is 0 Å². The first-order chi connectivity index (χ1) is 19.9. The van der Waals surface area contributed by atoms with Gasteiger partial charge in [-0.05, 0) is 30.2 Å². The molecule has 8 nitrogen and oxygen atoms in total. The molecule has 1 fully saturated rings. The van der Waals surface area contributed by atoms with Crippen molar-refractivity contribution in [2.45, 2.75) is 67.7 Å². The molecule has 0 aromatic heterocycles. The second kappa shape index (κ2) is 15.5. The quantitative estimate of drug-likeness (QED) is 0.256. The van der Waals surface area contributed by atoms with Crippen LogP contribution in [0.2, 0.25) is 0 Å². The van der Waals surface area contributed by atoms with Gasteiger partial charge in [-0.25, -0.2) is 4.79 Å². The van der Waals surface area contributed by atoms with Crippen LogP contribution >= 0.6 is 11.8 Å². The Morgan fingerprint density at radius 3 is 1.80 bits per heavy atom. The highest BCUT2D eigenvalue weighted by Gasteiger charge is 2.53. The van der Waals surface area contributed by atoms with Gasteiger partial charge in [-0.2, -0.15) is 0 Å². The predicted molar refractivity (Wildman–Crippen MR) is 153 cm³/mol. The highest BCUT2D eigenvalue weighted by molar-refractivity contribution is 7.99. The summed E-state index contributed by atoms with van der Waals surface area (Å²) in [6.07, 6.45) is -4.23. The van der Waals surface area contributed by atoms with E-state index in [9.17, 15) is 14.4 Å². The first kappa shape index (κ1) is 30.5. The number of esters is 2. The Balaban J connectivity index is 1.69. The van der Waals surface area contributed by atoms with Crippen LogP contribution in [-0.2, 0) is 51.3 Å². The number of ketones is 1. The van der Waals surface area contributed by atoms with Crippen molar-refractivity contribution in [3.8, 4) is 0 Å². The number of Topliss-reactive ketones (excluding diaryl/α,β-unsaturated/α-hetero) is 1. The fraction of sp³-hybridized carbons (Fsp3) is 0.344. The molecule has 3 aromatic carbocycles. The Morgan fingerprint density at radius 1 is 0.732 bits per heavy atom. The van der Waals surface area contributed by atoms with Gasteiger partial charge in [0.1, 0.15) is 23.4 Å². The molecule has 216 valence electrons. The number of hydrogen-bond donors (Lipinski definition) is 0. The lowest BCUT2D eigenvalue weighted by atomic mass is 9.98. The Labute approximate surface area is 244 Å². The Bertz CT molecular complexity index is 1250. The summed E-state index contributed by atoms with van der Waals surface area (Å²) in [5.74, 6) is -1.50. The molecule has 0 N–H and O–H groups in total. The molecule has 0 bridgehead atoms. The van der Waals surface area contributed by atoms with E-state index in [4.69, 9.17) is 23.7 Å². The van der Waals surface area contributed by atoms with Crippen molar-refractivity contribution in [3.63, 3.8) is 0 Å². The van der Waals surface area contributed by atoms with Gasteiger partial charge in [-0.1, -0.05) is 90.6 Å². The van der Waals surface area contributed by atoms with E-state index in [1.165, 1.54) is 25.8 Å². The monoisotopic (exact) mass is 578 g/mol. The number of benzene rings is 3. The van der Waals surface area contributed by atoms with E-state index in [0.717, 1.165) is 16.0 Å². The van der Waals surface area contributed by atoms with Gasteiger partial charge in [0.25, 0.3) is 0 Å². The number of methoxy groups -OCH3 is 1. The van der Waals surface area contributed by atoms with E-state index >= 15 is 0 Å². The molecule has 0 spiro atoms. The van der Waals surface area contributed by atoms with Gasteiger partial charge >= 0.3 is 11.9 Å². The van der Waals surface area contributed by atoms with Crippen LogP contribution in [0.25, 0.3) is 0 Å².